The number of ether oxygens (including phenoxy) is 1. The third kappa shape index (κ3) is 4.90. The molecule has 0 aromatic rings. The summed E-state index contributed by atoms with van der Waals surface area (Å²) in [6.45, 7) is 5.91. The van der Waals surface area contributed by atoms with Crippen molar-refractivity contribution in [1.29, 1.82) is 0 Å². The van der Waals surface area contributed by atoms with Gasteiger partial charge >= 0.3 is 6.09 Å². The van der Waals surface area contributed by atoms with Gasteiger partial charge in [0.2, 0.25) is 0 Å². The molecule has 66 valence electrons. The molecule has 0 spiro atoms. The molecule has 0 aromatic heterocycles. The molecule has 4 heteroatoms. The summed E-state index contributed by atoms with van der Waals surface area (Å²) in [5.74, 6) is 0.296. The van der Waals surface area contributed by atoms with Crippen molar-refractivity contribution in [2.24, 2.45) is 0 Å². The number of alkyl carbamates (subject to hydrolysis) is 1. The van der Waals surface area contributed by atoms with Gasteiger partial charge in [0.15, 0.2) is 0 Å². The number of hydrogen-bond donors (Lipinski definition) is 1. The Bertz CT molecular complexity index is 136. The summed E-state index contributed by atoms with van der Waals surface area (Å²) in [5, 5.41) is 2.52. The second-order valence-corrected chi connectivity index (χ2v) is 3.08. The van der Waals surface area contributed by atoms with Gasteiger partial charge < -0.3 is 10.1 Å². The van der Waals surface area contributed by atoms with Crippen LogP contribution in [0.5, 0.6) is 0 Å². The lowest BCUT2D eigenvalue weighted by Gasteiger charge is -2.21. The Hall–Kier alpha value is -0.440. The Morgan fingerprint density at radius 2 is 2.18 bits per heavy atom. The van der Waals surface area contributed by atoms with E-state index in [9.17, 15) is 4.79 Å². The fourth-order valence-corrected chi connectivity index (χ4v) is 0.513. The molecule has 11 heavy (non-hydrogen) atoms. The van der Waals surface area contributed by atoms with Crippen molar-refractivity contribution >= 4 is 17.7 Å². The van der Waals surface area contributed by atoms with Crippen molar-refractivity contribution in [1.82, 2.24) is 5.32 Å². The Balaban J connectivity index is 3.74. The van der Waals surface area contributed by atoms with E-state index < -0.39 is 11.7 Å². The molecule has 1 amide bonds. The molecule has 0 aromatic carbocycles. The fourth-order valence-electron chi connectivity index (χ4n) is 0.459. The molecular weight excluding hydrogens is 166 g/mol. The topological polar surface area (TPSA) is 38.3 Å². The average molecular weight is 180 g/mol. The van der Waals surface area contributed by atoms with E-state index in [1.807, 2.05) is 6.92 Å². The SMILES string of the molecule is CCNC(=O)OC(C)(C)CCl. The van der Waals surface area contributed by atoms with Crippen LogP contribution in [0.15, 0.2) is 0 Å². The van der Waals surface area contributed by atoms with Crippen molar-refractivity contribution < 1.29 is 9.53 Å². The van der Waals surface area contributed by atoms with E-state index in [0.29, 0.717) is 12.4 Å². The van der Waals surface area contributed by atoms with Crippen LogP contribution in [0.2, 0.25) is 0 Å². The van der Waals surface area contributed by atoms with E-state index in [1.165, 1.54) is 0 Å². The summed E-state index contributed by atoms with van der Waals surface area (Å²) in [7, 11) is 0. The van der Waals surface area contributed by atoms with E-state index in [1.54, 1.807) is 13.8 Å². The molecule has 3 nitrogen and oxygen atoms in total. The number of carbonyl (C=O) groups excluding carboxylic acids is 1. The molecule has 0 saturated heterocycles. The summed E-state index contributed by atoms with van der Waals surface area (Å²) < 4.78 is 4.95. The monoisotopic (exact) mass is 179 g/mol. The van der Waals surface area contributed by atoms with Crippen LogP contribution in [0.3, 0.4) is 0 Å². The molecule has 0 bridgehead atoms. The lowest BCUT2D eigenvalue weighted by atomic mass is 10.2. The molecule has 0 radical (unpaired) electrons. The molecule has 0 saturated carbocycles. The summed E-state index contributed by atoms with van der Waals surface area (Å²) in [6.07, 6.45) is -0.418. The van der Waals surface area contributed by atoms with E-state index in [2.05, 4.69) is 5.32 Å². The highest BCUT2D eigenvalue weighted by atomic mass is 35.5. The number of carbonyl (C=O) groups is 1. The van der Waals surface area contributed by atoms with Crippen molar-refractivity contribution in [3.8, 4) is 0 Å². The van der Waals surface area contributed by atoms with Crippen molar-refractivity contribution in [3.05, 3.63) is 0 Å². The van der Waals surface area contributed by atoms with Crippen molar-refractivity contribution in [2.75, 3.05) is 12.4 Å². The first-order valence-electron chi connectivity index (χ1n) is 3.54. The predicted molar refractivity (Wildman–Crippen MR) is 45.0 cm³/mol. The highest BCUT2D eigenvalue weighted by Crippen LogP contribution is 2.10. The Labute approximate surface area is 72.1 Å². The predicted octanol–water partition coefficient (Wildman–Crippen LogP) is 1.75. The number of rotatable bonds is 3. The molecule has 0 aliphatic carbocycles. The van der Waals surface area contributed by atoms with Crippen molar-refractivity contribution in [2.45, 2.75) is 26.4 Å². The first-order chi connectivity index (χ1) is 5.02. The molecule has 0 aliphatic heterocycles. The summed E-state index contributed by atoms with van der Waals surface area (Å²) in [6, 6.07) is 0. The number of nitrogens with one attached hydrogen (secondary N) is 1. The van der Waals surface area contributed by atoms with E-state index >= 15 is 0 Å². The van der Waals surface area contributed by atoms with Gasteiger partial charge in [-0.25, -0.2) is 4.79 Å². The fraction of sp³-hybridized carbons (Fsp3) is 0.857. The Morgan fingerprint density at radius 1 is 1.64 bits per heavy atom. The van der Waals surface area contributed by atoms with Gasteiger partial charge in [-0.3, -0.25) is 0 Å². The molecule has 0 fully saturated rings. The smallest absolute Gasteiger partial charge is 0.407 e. The Kier molecular flexibility index (Phi) is 4.26. The standard InChI is InChI=1S/C7H14ClNO2/c1-4-9-6(10)11-7(2,3)5-8/h4-5H2,1-3H3,(H,9,10). The summed E-state index contributed by atoms with van der Waals surface area (Å²) in [5.41, 5.74) is -0.583. The second kappa shape index (κ2) is 4.44. The molecule has 0 aliphatic rings. The van der Waals surface area contributed by atoms with Gasteiger partial charge in [0.05, 0.1) is 5.88 Å². The minimum atomic E-state index is -0.583. The third-order valence-electron chi connectivity index (χ3n) is 1.01. The van der Waals surface area contributed by atoms with Crippen LogP contribution < -0.4 is 5.32 Å². The van der Waals surface area contributed by atoms with Crippen LogP contribution in [0, 0.1) is 0 Å². The molecular formula is C7H14ClNO2. The highest BCUT2D eigenvalue weighted by Gasteiger charge is 2.20. The molecule has 0 rings (SSSR count). The minimum Gasteiger partial charge on any atom is -0.442 e. The van der Waals surface area contributed by atoms with Gasteiger partial charge in [-0.1, -0.05) is 0 Å². The molecule has 1 N–H and O–H groups in total. The zero-order chi connectivity index (χ0) is 8.91. The van der Waals surface area contributed by atoms with Crippen LogP contribution in [0.25, 0.3) is 0 Å². The zero-order valence-electron chi connectivity index (χ0n) is 7.11. The van der Waals surface area contributed by atoms with Crippen molar-refractivity contribution in [3.63, 3.8) is 0 Å². The van der Waals surface area contributed by atoms with Gasteiger partial charge in [0.25, 0.3) is 0 Å². The maximum absolute atomic E-state index is 10.8. The lowest BCUT2D eigenvalue weighted by Crippen LogP contribution is -2.35. The number of hydrogen-bond acceptors (Lipinski definition) is 2. The van der Waals surface area contributed by atoms with Crippen LogP contribution in [-0.4, -0.2) is 24.1 Å². The quantitative estimate of drug-likeness (QED) is 0.671. The van der Waals surface area contributed by atoms with Crippen LogP contribution in [0.1, 0.15) is 20.8 Å². The Morgan fingerprint density at radius 3 is 2.55 bits per heavy atom. The highest BCUT2D eigenvalue weighted by molar-refractivity contribution is 6.18. The maximum atomic E-state index is 10.8. The van der Waals surface area contributed by atoms with E-state index in [-0.39, 0.29) is 0 Å². The van der Waals surface area contributed by atoms with Crippen LogP contribution in [-0.2, 0) is 4.74 Å². The van der Waals surface area contributed by atoms with E-state index in [4.69, 9.17) is 16.3 Å². The van der Waals surface area contributed by atoms with Crippen LogP contribution in [0.4, 0.5) is 4.79 Å². The second-order valence-electron chi connectivity index (χ2n) is 2.81. The average Bonchev–Trinajstić information content (AvgIpc) is 1.87. The molecule has 0 atom stereocenters. The zero-order valence-corrected chi connectivity index (χ0v) is 7.86. The normalized spacial score (nSPS) is 10.9. The first kappa shape index (κ1) is 10.6. The minimum absolute atomic E-state index is 0.296. The van der Waals surface area contributed by atoms with E-state index in [0.717, 1.165) is 0 Å². The number of amides is 1. The van der Waals surface area contributed by atoms with Gasteiger partial charge in [-0.2, -0.15) is 0 Å². The van der Waals surface area contributed by atoms with Crippen LogP contribution >= 0.6 is 11.6 Å². The molecule has 0 unspecified atom stereocenters. The lowest BCUT2D eigenvalue weighted by molar-refractivity contribution is 0.0554. The maximum Gasteiger partial charge on any atom is 0.407 e. The number of alkyl halides is 1. The van der Waals surface area contributed by atoms with Gasteiger partial charge in [0.1, 0.15) is 5.60 Å². The summed E-state index contributed by atoms with van der Waals surface area (Å²) in [4.78, 5) is 10.8. The van der Waals surface area contributed by atoms with Gasteiger partial charge in [0, 0.05) is 6.54 Å². The van der Waals surface area contributed by atoms with Gasteiger partial charge in [-0.15, -0.1) is 11.6 Å². The largest absolute Gasteiger partial charge is 0.442 e. The number of halogens is 1. The van der Waals surface area contributed by atoms with Gasteiger partial charge in [-0.05, 0) is 20.8 Å². The first-order valence-corrected chi connectivity index (χ1v) is 4.08. The third-order valence-corrected chi connectivity index (χ3v) is 1.66. The molecule has 0 heterocycles. The summed E-state index contributed by atoms with van der Waals surface area (Å²) >= 11 is 5.53.